The molecule has 1 aromatic heterocycles. The lowest BCUT2D eigenvalue weighted by Crippen LogP contribution is -2.52. The molecule has 2 rings (SSSR count). The Morgan fingerprint density at radius 3 is 2.68 bits per heavy atom. The van der Waals surface area contributed by atoms with Crippen molar-refractivity contribution in [1.29, 1.82) is 0 Å². The standard InChI is InChI=1S/C15H23N3O/c1-15(2,18-9-4-3-5-10-18)13(19)11-12-7-6-8-17-14(12)16/h6-8H,3-5,9-11H2,1-2H3,(H2,16,17). The Balaban J connectivity index is 2.08. The van der Waals surface area contributed by atoms with E-state index >= 15 is 0 Å². The van der Waals surface area contributed by atoms with Crippen molar-refractivity contribution >= 4 is 11.6 Å². The lowest BCUT2D eigenvalue weighted by molar-refractivity contribution is -0.129. The summed E-state index contributed by atoms with van der Waals surface area (Å²) in [6, 6.07) is 3.71. The molecule has 0 amide bonds. The average Bonchev–Trinajstić information content (AvgIpc) is 2.42. The number of anilines is 1. The van der Waals surface area contributed by atoms with Crippen LogP contribution < -0.4 is 5.73 Å². The zero-order valence-electron chi connectivity index (χ0n) is 11.9. The molecular weight excluding hydrogens is 238 g/mol. The molecule has 2 N–H and O–H groups in total. The summed E-state index contributed by atoms with van der Waals surface area (Å²) in [7, 11) is 0. The number of likely N-dealkylation sites (tertiary alicyclic amines) is 1. The Morgan fingerprint density at radius 1 is 1.37 bits per heavy atom. The molecule has 2 heterocycles. The van der Waals surface area contributed by atoms with Gasteiger partial charge in [-0.3, -0.25) is 9.69 Å². The molecule has 19 heavy (non-hydrogen) atoms. The first-order valence-electron chi connectivity index (χ1n) is 6.99. The fraction of sp³-hybridized carbons (Fsp3) is 0.600. The Bertz CT molecular complexity index is 450. The van der Waals surface area contributed by atoms with Crippen LogP contribution in [0.25, 0.3) is 0 Å². The van der Waals surface area contributed by atoms with Gasteiger partial charge in [0.2, 0.25) is 0 Å². The minimum atomic E-state index is -0.414. The number of pyridine rings is 1. The van der Waals surface area contributed by atoms with Gasteiger partial charge in [0.25, 0.3) is 0 Å². The number of rotatable bonds is 4. The van der Waals surface area contributed by atoms with Crippen LogP contribution in [0.15, 0.2) is 18.3 Å². The molecule has 0 unspecified atom stereocenters. The summed E-state index contributed by atoms with van der Waals surface area (Å²) in [5.41, 5.74) is 6.23. The minimum Gasteiger partial charge on any atom is -0.383 e. The van der Waals surface area contributed by atoms with Crippen LogP contribution in [0.5, 0.6) is 0 Å². The topological polar surface area (TPSA) is 59.2 Å². The Kier molecular flexibility index (Phi) is 4.20. The highest BCUT2D eigenvalue weighted by atomic mass is 16.1. The second kappa shape index (κ2) is 5.70. The van der Waals surface area contributed by atoms with E-state index in [-0.39, 0.29) is 5.78 Å². The normalized spacial score (nSPS) is 17.4. The molecule has 104 valence electrons. The lowest BCUT2D eigenvalue weighted by atomic mass is 9.90. The Hall–Kier alpha value is -1.42. The average molecular weight is 261 g/mol. The van der Waals surface area contributed by atoms with E-state index in [4.69, 9.17) is 5.73 Å². The van der Waals surface area contributed by atoms with Gasteiger partial charge in [0.05, 0.1) is 5.54 Å². The molecule has 0 spiro atoms. The summed E-state index contributed by atoms with van der Waals surface area (Å²) >= 11 is 0. The number of Topliss-reactive ketones (excluding diaryl/α,β-unsaturated/α-hetero) is 1. The number of piperidine rings is 1. The maximum atomic E-state index is 12.6. The number of nitrogen functional groups attached to an aromatic ring is 1. The van der Waals surface area contributed by atoms with Crippen LogP contribution in [-0.2, 0) is 11.2 Å². The number of aromatic nitrogens is 1. The zero-order valence-corrected chi connectivity index (χ0v) is 11.9. The van der Waals surface area contributed by atoms with E-state index in [0.29, 0.717) is 12.2 Å². The molecule has 1 aliphatic heterocycles. The molecule has 0 aromatic carbocycles. The fourth-order valence-electron chi connectivity index (χ4n) is 2.62. The molecule has 4 heteroatoms. The van der Waals surface area contributed by atoms with E-state index in [1.807, 2.05) is 26.0 Å². The molecule has 0 bridgehead atoms. The number of hydrogen-bond donors (Lipinski definition) is 1. The van der Waals surface area contributed by atoms with E-state index in [2.05, 4.69) is 9.88 Å². The van der Waals surface area contributed by atoms with Gasteiger partial charge >= 0.3 is 0 Å². The van der Waals surface area contributed by atoms with Crippen LogP contribution in [0.2, 0.25) is 0 Å². The third kappa shape index (κ3) is 3.13. The molecule has 1 aliphatic rings. The number of nitrogens with zero attached hydrogens (tertiary/aromatic N) is 2. The first kappa shape index (κ1) is 14.0. The molecule has 1 aromatic rings. The van der Waals surface area contributed by atoms with Crippen molar-refractivity contribution in [3.05, 3.63) is 23.9 Å². The van der Waals surface area contributed by atoms with Crippen molar-refractivity contribution < 1.29 is 4.79 Å². The van der Waals surface area contributed by atoms with E-state index < -0.39 is 5.54 Å². The van der Waals surface area contributed by atoms with Crippen molar-refractivity contribution in [3.8, 4) is 0 Å². The first-order chi connectivity index (χ1) is 9.01. The van der Waals surface area contributed by atoms with Gasteiger partial charge in [0.1, 0.15) is 5.82 Å². The number of hydrogen-bond acceptors (Lipinski definition) is 4. The highest BCUT2D eigenvalue weighted by Gasteiger charge is 2.34. The first-order valence-corrected chi connectivity index (χ1v) is 6.99. The predicted molar refractivity (Wildman–Crippen MR) is 76.9 cm³/mol. The number of carbonyl (C=O) groups excluding carboxylic acids is 1. The maximum Gasteiger partial charge on any atom is 0.157 e. The maximum absolute atomic E-state index is 12.6. The second-order valence-electron chi connectivity index (χ2n) is 5.75. The van der Waals surface area contributed by atoms with Gasteiger partial charge in [-0.25, -0.2) is 4.98 Å². The van der Waals surface area contributed by atoms with Crippen LogP contribution in [0.4, 0.5) is 5.82 Å². The quantitative estimate of drug-likeness (QED) is 0.901. The van der Waals surface area contributed by atoms with Crippen LogP contribution in [0, 0.1) is 0 Å². The van der Waals surface area contributed by atoms with Crippen molar-refractivity contribution in [2.24, 2.45) is 0 Å². The second-order valence-corrected chi connectivity index (χ2v) is 5.75. The Labute approximate surface area is 115 Å². The molecule has 0 aliphatic carbocycles. The van der Waals surface area contributed by atoms with Crippen LogP contribution in [-0.4, -0.2) is 34.3 Å². The van der Waals surface area contributed by atoms with Gasteiger partial charge in [-0.1, -0.05) is 12.5 Å². The number of nitrogens with two attached hydrogens (primary N) is 1. The van der Waals surface area contributed by atoms with Gasteiger partial charge in [-0.2, -0.15) is 0 Å². The highest BCUT2D eigenvalue weighted by Crippen LogP contribution is 2.23. The van der Waals surface area contributed by atoms with Gasteiger partial charge < -0.3 is 5.73 Å². The molecule has 1 fully saturated rings. The zero-order chi connectivity index (χ0) is 13.9. The van der Waals surface area contributed by atoms with E-state index in [1.165, 1.54) is 19.3 Å². The molecule has 0 radical (unpaired) electrons. The van der Waals surface area contributed by atoms with Gasteiger partial charge in [0.15, 0.2) is 5.78 Å². The van der Waals surface area contributed by atoms with Gasteiger partial charge in [0, 0.05) is 18.2 Å². The number of ketones is 1. The fourth-order valence-corrected chi connectivity index (χ4v) is 2.62. The minimum absolute atomic E-state index is 0.217. The van der Waals surface area contributed by atoms with Crippen molar-refractivity contribution in [2.45, 2.75) is 45.1 Å². The summed E-state index contributed by atoms with van der Waals surface area (Å²) in [6.07, 6.45) is 5.66. The number of carbonyl (C=O) groups is 1. The molecule has 1 saturated heterocycles. The summed E-state index contributed by atoms with van der Waals surface area (Å²) < 4.78 is 0. The summed E-state index contributed by atoms with van der Waals surface area (Å²) in [4.78, 5) is 18.9. The predicted octanol–water partition coefficient (Wildman–Crippen LogP) is 2.04. The smallest absolute Gasteiger partial charge is 0.157 e. The van der Waals surface area contributed by atoms with E-state index in [1.54, 1.807) is 6.20 Å². The van der Waals surface area contributed by atoms with Gasteiger partial charge in [-0.15, -0.1) is 0 Å². The van der Waals surface area contributed by atoms with Crippen molar-refractivity contribution in [2.75, 3.05) is 18.8 Å². The van der Waals surface area contributed by atoms with E-state index in [9.17, 15) is 4.79 Å². The molecule has 0 saturated carbocycles. The Morgan fingerprint density at radius 2 is 2.05 bits per heavy atom. The van der Waals surface area contributed by atoms with Crippen molar-refractivity contribution in [3.63, 3.8) is 0 Å². The van der Waals surface area contributed by atoms with Crippen LogP contribution in [0.3, 0.4) is 0 Å². The largest absolute Gasteiger partial charge is 0.383 e. The summed E-state index contributed by atoms with van der Waals surface area (Å²) in [5.74, 6) is 0.680. The molecule has 0 atom stereocenters. The van der Waals surface area contributed by atoms with Gasteiger partial charge in [-0.05, 0) is 45.8 Å². The molecular formula is C15H23N3O. The highest BCUT2D eigenvalue weighted by molar-refractivity contribution is 5.90. The van der Waals surface area contributed by atoms with Crippen molar-refractivity contribution in [1.82, 2.24) is 9.88 Å². The lowest BCUT2D eigenvalue weighted by Gasteiger charge is -2.39. The third-order valence-corrected chi connectivity index (χ3v) is 4.11. The monoisotopic (exact) mass is 261 g/mol. The summed E-state index contributed by atoms with van der Waals surface area (Å²) in [5, 5.41) is 0. The SMILES string of the molecule is CC(C)(C(=O)Cc1cccnc1N)N1CCCCC1. The van der Waals surface area contributed by atoms with Crippen LogP contribution >= 0.6 is 0 Å². The molecule has 4 nitrogen and oxygen atoms in total. The third-order valence-electron chi connectivity index (χ3n) is 4.11. The summed E-state index contributed by atoms with van der Waals surface area (Å²) in [6.45, 7) is 6.07. The van der Waals surface area contributed by atoms with Crippen LogP contribution in [0.1, 0.15) is 38.7 Å². The van der Waals surface area contributed by atoms with E-state index in [0.717, 1.165) is 18.7 Å².